The number of ether oxygens (including phenoxy) is 1. The number of fused-ring (bicyclic) bond motifs is 1. The molecule has 1 aliphatic carbocycles. The molecule has 11 heteroatoms. The van der Waals surface area contributed by atoms with Crippen molar-refractivity contribution in [3.8, 4) is 5.75 Å². The lowest BCUT2D eigenvalue weighted by Gasteiger charge is -2.18. The third-order valence-corrected chi connectivity index (χ3v) is 5.75. The van der Waals surface area contributed by atoms with Gasteiger partial charge in [-0.25, -0.2) is 23.2 Å². The lowest BCUT2D eigenvalue weighted by Crippen LogP contribution is -2.68. The van der Waals surface area contributed by atoms with E-state index < -0.39 is 10.2 Å². The Bertz CT molecular complexity index is 1290. The molecule has 0 radical (unpaired) electrons. The maximum Gasteiger partial charge on any atom is 0.199 e. The van der Waals surface area contributed by atoms with E-state index in [1.165, 1.54) is 11.7 Å². The summed E-state index contributed by atoms with van der Waals surface area (Å²) in [7, 11) is 4.94. The number of methoxy groups -OCH3 is 1. The first-order chi connectivity index (χ1) is 16.5. The molecule has 1 aromatic heterocycles. The van der Waals surface area contributed by atoms with E-state index in [-0.39, 0.29) is 0 Å². The Labute approximate surface area is 209 Å². The maximum atomic E-state index is 8.49. The maximum absolute atomic E-state index is 8.49. The van der Waals surface area contributed by atoms with Crippen LogP contribution in [0, 0.1) is 10.2 Å². The van der Waals surface area contributed by atoms with Gasteiger partial charge in [-0.2, -0.15) is 8.75 Å². The quantitative estimate of drug-likeness (QED) is 0.430. The van der Waals surface area contributed by atoms with E-state index in [9.17, 15) is 0 Å². The fourth-order valence-electron chi connectivity index (χ4n) is 3.55. The number of halogens is 1. The van der Waals surface area contributed by atoms with E-state index in [1.807, 2.05) is 40.3 Å². The van der Waals surface area contributed by atoms with Crippen LogP contribution in [0.4, 0.5) is 5.69 Å². The SMILES string of the molecule is COc1ccc2nsnc2c1C(=C1C=CC(=[N+](C)C)C=C1)c1ccc(N(C)C)cc1.[O-][Cl+3]([O-])([O-])[O-]. The predicted octanol–water partition coefficient (Wildman–Crippen LogP) is -0.349. The highest BCUT2D eigenvalue weighted by molar-refractivity contribution is 7.00. The summed E-state index contributed by atoms with van der Waals surface area (Å²) in [6.45, 7) is 0. The zero-order valence-electron chi connectivity index (χ0n) is 19.9. The lowest BCUT2D eigenvalue weighted by molar-refractivity contribution is -2.00. The molecule has 1 heterocycles. The summed E-state index contributed by atoms with van der Waals surface area (Å²) >= 11 is 1.22. The first-order valence-corrected chi connectivity index (χ1v) is 12.3. The monoisotopic (exact) mass is 516 g/mol. The molecule has 4 rings (SSSR count). The number of benzene rings is 2. The summed E-state index contributed by atoms with van der Waals surface area (Å²) in [6.07, 6.45) is 8.58. The van der Waals surface area contributed by atoms with E-state index >= 15 is 0 Å². The minimum Gasteiger partial charge on any atom is -0.496 e. The highest BCUT2D eigenvalue weighted by atomic mass is 35.7. The van der Waals surface area contributed by atoms with Crippen LogP contribution >= 0.6 is 11.7 Å². The van der Waals surface area contributed by atoms with Gasteiger partial charge < -0.3 is 9.64 Å². The first kappa shape index (κ1) is 26.5. The van der Waals surface area contributed by atoms with Crippen LogP contribution < -0.4 is 28.3 Å². The second-order valence-electron chi connectivity index (χ2n) is 7.91. The smallest absolute Gasteiger partial charge is 0.199 e. The Morgan fingerprint density at radius 3 is 2.03 bits per heavy atom. The molecule has 9 nitrogen and oxygen atoms in total. The van der Waals surface area contributed by atoms with Gasteiger partial charge in [0.1, 0.15) is 30.9 Å². The van der Waals surface area contributed by atoms with Crippen molar-refractivity contribution in [2.75, 3.05) is 40.2 Å². The summed E-state index contributed by atoms with van der Waals surface area (Å²) < 4.78 is 50.9. The van der Waals surface area contributed by atoms with Crippen LogP contribution in [0.1, 0.15) is 11.1 Å². The van der Waals surface area contributed by atoms with E-state index in [0.29, 0.717) is 0 Å². The minimum absolute atomic E-state index is 0.790. The number of rotatable bonds is 4. The van der Waals surface area contributed by atoms with Crippen molar-refractivity contribution in [2.45, 2.75) is 0 Å². The molecular formula is C24H25ClN4O5S. The third kappa shape index (κ3) is 6.73. The number of anilines is 1. The molecule has 0 atom stereocenters. The molecule has 0 amide bonds. The van der Waals surface area contributed by atoms with Crippen LogP contribution in [-0.4, -0.2) is 54.3 Å². The van der Waals surface area contributed by atoms with Crippen LogP contribution in [0.2, 0.25) is 0 Å². The topological polar surface area (TPSA) is 134 Å². The fraction of sp³-hybridized carbons (Fsp3) is 0.208. The Morgan fingerprint density at radius 2 is 1.51 bits per heavy atom. The summed E-state index contributed by atoms with van der Waals surface area (Å²) in [5.74, 6) is 0.790. The summed E-state index contributed by atoms with van der Waals surface area (Å²) in [5, 5.41) is 0. The van der Waals surface area contributed by atoms with Gasteiger partial charge in [0.05, 0.1) is 24.4 Å². The number of hydrogen-bond acceptors (Lipinski definition) is 9. The van der Waals surface area contributed by atoms with Gasteiger partial charge in [-0.1, -0.05) is 12.1 Å². The Balaban J connectivity index is 0.000000623. The van der Waals surface area contributed by atoms with Gasteiger partial charge in [0.25, 0.3) is 0 Å². The zero-order chi connectivity index (χ0) is 25.8. The highest BCUT2D eigenvalue weighted by Gasteiger charge is 2.21. The summed E-state index contributed by atoms with van der Waals surface area (Å²) in [6, 6.07) is 12.5. The molecule has 1 aliphatic rings. The van der Waals surface area contributed by atoms with Crippen molar-refractivity contribution < 1.29 is 38.2 Å². The van der Waals surface area contributed by atoms with Gasteiger partial charge in [-0.15, -0.1) is 10.2 Å². The van der Waals surface area contributed by atoms with Crippen LogP contribution in [0.25, 0.3) is 16.6 Å². The van der Waals surface area contributed by atoms with E-state index in [2.05, 4.69) is 66.8 Å². The number of aromatic nitrogens is 2. The molecule has 3 aromatic rings. The summed E-state index contributed by atoms with van der Waals surface area (Å²) in [5.41, 5.74) is 8.32. The Hall–Kier alpha value is -3.12. The van der Waals surface area contributed by atoms with Crippen molar-refractivity contribution in [3.05, 3.63) is 77.4 Å². The molecule has 0 saturated heterocycles. The van der Waals surface area contributed by atoms with Crippen molar-refractivity contribution >= 4 is 39.7 Å². The van der Waals surface area contributed by atoms with Crippen LogP contribution in [0.5, 0.6) is 5.75 Å². The molecule has 0 saturated carbocycles. The van der Waals surface area contributed by atoms with Gasteiger partial charge in [0, 0.05) is 37.5 Å². The molecular weight excluding hydrogens is 492 g/mol. The summed E-state index contributed by atoms with van der Waals surface area (Å²) in [4.78, 5) is 2.10. The van der Waals surface area contributed by atoms with Crippen LogP contribution in [0.3, 0.4) is 0 Å². The fourth-order valence-corrected chi connectivity index (χ4v) is 4.10. The van der Waals surface area contributed by atoms with E-state index in [0.717, 1.165) is 50.5 Å². The molecule has 0 aliphatic heterocycles. The van der Waals surface area contributed by atoms with Crippen molar-refractivity contribution in [3.63, 3.8) is 0 Å². The Kier molecular flexibility index (Phi) is 8.39. The van der Waals surface area contributed by atoms with Gasteiger partial charge in [-0.3, -0.25) is 0 Å². The number of allylic oxidation sites excluding steroid dienone is 5. The average Bonchev–Trinajstić information content (AvgIpc) is 3.28. The van der Waals surface area contributed by atoms with Crippen LogP contribution in [0.15, 0.2) is 66.3 Å². The molecule has 0 fully saturated rings. The molecule has 0 spiro atoms. The molecule has 0 unspecified atom stereocenters. The number of nitrogens with zero attached hydrogens (tertiary/aromatic N) is 4. The molecule has 2 aromatic carbocycles. The minimum atomic E-state index is -4.94. The largest absolute Gasteiger partial charge is 0.496 e. The Morgan fingerprint density at radius 1 is 0.914 bits per heavy atom. The standard InChI is InChI=1S/C24H25N4OS.ClHO4/c1-27(2)18-10-6-16(7-11-18)22(17-8-12-19(13-9-17)28(3)4)23-21(29-5)15-14-20-24(23)26-30-25-20;2-1(3,4)5/h6-15H,1-5H3;(H,2,3,4,5)/q+1;/p-1. The van der Waals surface area contributed by atoms with Gasteiger partial charge in [0.15, 0.2) is 5.71 Å². The number of hydrogen-bond donors (Lipinski definition) is 0. The van der Waals surface area contributed by atoms with Crippen molar-refractivity contribution in [1.82, 2.24) is 8.75 Å². The molecule has 0 bridgehead atoms. The van der Waals surface area contributed by atoms with Gasteiger partial charge in [-0.05, 0) is 47.6 Å². The first-order valence-electron chi connectivity index (χ1n) is 10.3. The van der Waals surface area contributed by atoms with Crippen molar-refractivity contribution in [1.29, 1.82) is 0 Å². The van der Waals surface area contributed by atoms with Gasteiger partial charge >= 0.3 is 0 Å². The van der Waals surface area contributed by atoms with E-state index in [1.54, 1.807) is 7.11 Å². The highest BCUT2D eigenvalue weighted by Crippen LogP contribution is 2.39. The van der Waals surface area contributed by atoms with Gasteiger partial charge in [0.2, 0.25) is 0 Å². The second kappa shape index (κ2) is 11.1. The van der Waals surface area contributed by atoms with Crippen LogP contribution in [-0.2, 0) is 0 Å². The normalized spacial score (nSPS) is 12.9. The third-order valence-electron chi connectivity index (χ3n) is 5.20. The molecule has 35 heavy (non-hydrogen) atoms. The van der Waals surface area contributed by atoms with Crippen molar-refractivity contribution in [2.24, 2.45) is 0 Å². The predicted molar refractivity (Wildman–Crippen MR) is 126 cm³/mol. The zero-order valence-corrected chi connectivity index (χ0v) is 21.5. The van der Waals surface area contributed by atoms with E-state index in [4.69, 9.17) is 23.4 Å². The second-order valence-corrected chi connectivity index (χ2v) is 9.19. The molecule has 184 valence electrons. The average molecular weight is 517 g/mol. The lowest BCUT2D eigenvalue weighted by atomic mass is 9.89. The molecule has 0 N–H and O–H groups in total.